The van der Waals surface area contributed by atoms with Gasteiger partial charge < -0.3 is 9.47 Å². The zero-order valence-electron chi connectivity index (χ0n) is 18.5. The Morgan fingerprint density at radius 3 is 2.51 bits per heavy atom. The summed E-state index contributed by atoms with van der Waals surface area (Å²) >= 11 is 0. The second kappa shape index (κ2) is 10.1. The van der Waals surface area contributed by atoms with Crippen LogP contribution in [-0.2, 0) is 38.9 Å². The van der Waals surface area contributed by atoms with Crippen LogP contribution in [0.3, 0.4) is 0 Å². The van der Waals surface area contributed by atoms with E-state index in [1.165, 1.54) is 48.5 Å². The average molecular weight is 542 g/mol. The number of carbonyl (C=O) groups excluding carboxylic acids is 2. The molecule has 2 aromatic rings. The second-order valence-corrected chi connectivity index (χ2v) is 11.6. The summed E-state index contributed by atoms with van der Waals surface area (Å²) in [6.07, 6.45) is 1.58. The highest BCUT2D eigenvalue weighted by Crippen LogP contribution is 2.43. The number of benzene rings is 2. The molecule has 0 fully saturated rings. The van der Waals surface area contributed by atoms with Crippen LogP contribution >= 0.6 is 10.7 Å². The van der Waals surface area contributed by atoms with Gasteiger partial charge in [0.1, 0.15) is 0 Å². The van der Waals surface area contributed by atoms with E-state index >= 15 is 0 Å². The van der Waals surface area contributed by atoms with Crippen molar-refractivity contribution >= 4 is 59.3 Å². The monoisotopic (exact) mass is 541 g/mol. The molecule has 3 rings (SSSR count). The Morgan fingerprint density at radius 1 is 1.17 bits per heavy atom. The molecule has 0 amide bonds. The highest BCUT2D eigenvalue weighted by Gasteiger charge is 2.42. The molecule has 0 bridgehead atoms. The van der Waals surface area contributed by atoms with E-state index in [9.17, 15) is 26.4 Å². The largest absolute Gasteiger partial charge is 0.509 e. The summed E-state index contributed by atoms with van der Waals surface area (Å²) in [5.74, 6) is 0. The highest BCUT2D eigenvalue weighted by atomic mass is 35.7. The molecule has 0 saturated heterocycles. The molecule has 0 heterocycles. The highest BCUT2D eigenvalue weighted by molar-refractivity contribution is 8.13. The number of nitrogens with zero attached hydrogens (tertiary/aromatic N) is 2. The quantitative estimate of drug-likeness (QED) is 0.226. The summed E-state index contributed by atoms with van der Waals surface area (Å²) in [6, 6.07) is 9.81. The van der Waals surface area contributed by atoms with Crippen LogP contribution in [0.15, 0.2) is 63.7 Å². The number of halogens is 1. The third kappa shape index (κ3) is 6.24. The summed E-state index contributed by atoms with van der Waals surface area (Å²) in [5.41, 5.74) is -1.14. The summed E-state index contributed by atoms with van der Waals surface area (Å²) in [5, 5.41) is 8.19. The lowest BCUT2D eigenvalue weighted by Gasteiger charge is -2.32. The van der Waals surface area contributed by atoms with Crippen LogP contribution < -0.4 is 4.72 Å². The third-order valence-electron chi connectivity index (χ3n) is 4.76. The van der Waals surface area contributed by atoms with Crippen molar-refractivity contribution in [3.63, 3.8) is 0 Å². The fourth-order valence-corrected chi connectivity index (χ4v) is 4.71. The zero-order chi connectivity index (χ0) is 25.9. The van der Waals surface area contributed by atoms with Gasteiger partial charge in [-0.25, -0.2) is 21.6 Å². The van der Waals surface area contributed by atoms with Crippen LogP contribution in [0.2, 0.25) is 0 Å². The molecule has 2 aromatic carbocycles. The molecule has 0 spiro atoms. The topological polar surface area (TPSA) is 158 Å². The van der Waals surface area contributed by atoms with E-state index in [1.807, 2.05) is 0 Å². The summed E-state index contributed by atoms with van der Waals surface area (Å²) in [4.78, 5) is 24.1. The number of aldehydes is 1. The van der Waals surface area contributed by atoms with Crippen molar-refractivity contribution in [2.75, 3.05) is 17.6 Å². The van der Waals surface area contributed by atoms with Gasteiger partial charge in [-0.15, -0.1) is 0 Å². The molecule has 11 nitrogen and oxygen atoms in total. The van der Waals surface area contributed by atoms with Gasteiger partial charge in [0.25, 0.3) is 9.05 Å². The first-order chi connectivity index (χ1) is 16.4. The number of carbonyl (C=O) groups is 2. The van der Waals surface area contributed by atoms with E-state index in [-0.39, 0.29) is 46.1 Å². The maximum Gasteiger partial charge on any atom is 0.509 e. The Bertz CT molecular complexity index is 1440. The minimum atomic E-state index is -4.00. The van der Waals surface area contributed by atoms with Crippen LogP contribution in [0.4, 0.5) is 16.2 Å². The van der Waals surface area contributed by atoms with Crippen molar-refractivity contribution in [1.82, 2.24) is 0 Å². The zero-order valence-corrected chi connectivity index (χ0v) is 20.9. The lowest BCUT2D eigenvalue weighted by molar-refractivity contribution is -0.128. The molecule has 1 atom stereocenters. The number of anilines is 1. The average Bonchev–Trinajstić information content (AvgIpc) is 2.77. The van der Waals surface area contributed by atoms with Crippen LogP contribution in [0, 0.1) is 0 Å². The molecular formula is C21H20ClN3O8S2. The molecule has 0 radical (unpaired) electrons. The predicted molar refractivity (Wildman–Crippen MR) is 127 cm³/mol. The number of rotatable bonds is 8. The Labute approximate surface area is 206 Å². The van der Waals surface area contributed by atoms with Crippen molar-refractivity contribution < 1.29 is 35.9 Å². The van der Waals surface area contributed by atoms with Gasteiger partial charge in [0.15, 0.2) is 11.9 Å². The molecule has 0 aliphatic heterocycles. The lowest BCUT2D eigenvalue weighted by atomic mass is 9.81. The van der Waals surface area contributed by atoms with Gasteiger partial charge in [-0.05, 0) is 31.2 Å². The third-order valence-corrected chi connectivity index (χ3v) is 6.70. The van der Waals surface area contributed by atoms with Crippen LogP contribution in [0.1, 0.15) is 24.5 Å². The normalized spacial score (nSPS) is 17.9. The Kier molecular flexibility index (Phi) is 7.62. The molecule has 14 heteroatoms. The second-order valence-electron chi connectivity index (χ2n) is 7.32. The van der Waals surface area contributed by atoms with Crippen LogP contribution in [0.5, 0.6) is 0 Å². The number of sulfonamides is 1. The molecule has 35 heavy (non-hydrogen) atoms. The molecule has 1 unspecified atom stereocenters. The van der Waals surface area contributed by atoms with E-state index < -0.39 is 30.8 Å². The minimum Gasteiger partial charge on any atom is -0.435 e. The van der Waals surface area contributed by atoms with Crippen LogP contribution in [0.25, 0.3) is 5.70 Å². The first kappa shape index (κ1) is 26.3. The lowest BCUT2D eigenvalue weighted by Crippen LogP contribution is -2.37. The number of azo groups is 1. The summed E-state index contributed by atoms with van der Waals surface area (Å²) < 4.78 is 59.7. The minimum absolute atomic E-state index is 0.0166. The first-order valence-corrected chi connectivity index (χ1v) is 14.2. The Morgan fingerprint density at radius 2 is 1.89 bits per heavy atom. The van der Waals surface area contributed by atoms with Gasteiger partial charge in [-0.2, -0.15) is 10.2 Å². The first-order valence-electron chi connectivity index (χ1n) is 9.99. The molecule has 186 valence electrons. The van der Waals surface area contributed by atoms with E-state index in [2.05, 4.69) is 15.0 Å². The number of fused-ring (bicyclic) bond motifs is 1. The molecule has 1 aliphatic carbocycles. The number of hydrogen-bond acceptors (Lipinski definition) is 10. The maximum absolute atomic E-state index is 12.2. The van der Waals surface area contributed by atoms with E-state index in [1.54, 1.807) is 6.92 Å². The SMILES string of the molecule is CCOC(=O)OC1(C=O)CC=C(N=Nc2cccc(S(=O)(=O)Cl)c2)c2c(NS(C)(=O)=O)cccc21. The fourth-order valence-electron chi connectivity index (χ4n) is 3.35. The Balaban J connectivity index is 2.14. The van der Waals surface area contributed by atoms with Gasteiger partial charge in [-0.1, -0.05) is 24.3 Å². The van der Waals surface area contributed by atoms with Crippen molar-refractivity contribution in [3.8, 4) is 0 Å². The van der Waals surface area contributed by atoms with Crippen LogP contribution in [-0.4, -0.2) is 42.1 Å². The molecule has 0 saturated carbocycles. The maximum atomic E-state index is 12.2. The van der Waals surface area contributed by atoms with E-state index in [0.29, 0.717) is 6.29 Å². The smallest absolute Gasteiger partial charge is 0.435 e. The van der Waals surface area contributed by atoms with E-state index in [4.69, 9.17) is 20.2 Å². The molecule has 0 aromatic heterocycles. The molecule has 1 N–H and O–H groups in total. The predicted octanol–water partition coefficient (Wildman–Crippen LogP) is 4.08. The van der Waals surface area contributed by atoms with Crippen molar-refractivity contribution in [1.29, 1.82) is 0 Å². The number of hydrogen-bond donors (Lipinski definition) is 1. The van der Waals surface area contributed by atoms with Gasteiger partial charge in [0, 0.05) is 28.2 Å². The van der Waals surface area contributed by atoms with Gasteiger partial charge in [0.05, 0.1) is 34.8 Å². The molecule has 1 aliphatic rings. The standard InChI is InChI=1S/C21H20ClN3O8S2/c1-3-32-20(27)33-21(13-26)11-10-17(19-16(21)8-5-9-18(19)25-34(2,28)29)24-23-14-6-4-7-15(12-14)35(22,30)31/h4-10,12-13,25H,3,11H2,1-2H3. The molecular weight excluding hydrogens is 522 g/mol. The van der Waals surface area contributed by atoms with Crippen molar-refractivity contribution in [2.24, 2.45) is 10.2 Å². The number of nitrogens with one attached hydrogen (secondary N) is 1. The fraction of sp³-hybridized carbons (Fsp3) is 0.238. The van der Waals surface area contributed by atoms with Gasteiger partial charge >= 0.3 is 6.16 Å². The Hall–Kier alpha value is -3.29. The number of ether oxygens (including phenoxy) is 2. The van der Waals surface area contributed by atoms with E-state index in [0.717, 1.165) is 6.26 Å². The van der Waals surface area contributed by atoms with Gasteiger partial charge in [-0.3, -0.25) is 9.52 Å². The summed E-state index contributed by atoms with van der Waals surface area (Å²) in [7, 11) is -2.37. The van der Waals surface area contributed by atoms with Gasteiger partial charge in [0.2, 0.25) is 10.0 Å². The van der Waals surface area contributed by atoms with Crippen molar-refractivity contribution in [2.45, 2.75) is 23.8 Å². The summed E-state index contributed by atoms with van der Waals surface area (Å²) in [6.45, 7) is 1.59. The van der Waals surface area contributed by atoms with Crippen molar-refractivity contribution in [3.05, 3.63) is 59.7 Å².